The van der Waals surface area contributed by atoms with E-state index in [1.807, 2.05) is 19.1 Å². The molecular weight excluding hydrogens is 192 g/mol. The first-order valence-corrected chi connectivity index (χ1v) is 4.89. The van der Waals surface area contributed by atoms with Crippen molar-refractivity contribution in [3.05, 3.63) is 35.9 Å². The van der Waals surface area contributed by atoms with Crippen LogP contribution in [0.25, 0.3) is 0 Å². The highest BCUT2D eigenvalue weighted by atomic mass is 16.5. The number of fused-ring (bicyclic) bond motifs is 1. The summed E-state index contributed by atoms with van der Waals surface area (Å²) >= 11 is 0. The summed E-state index contributed by atoms with van der Waals surface area (Å²) in [5.74, 6) is 1.45. The second kappa shape index (κ2) is 3.95. The fourth-order valence-electron chi connectivity index (χ4n) is 1.47. The molecule has 2 rings (SSSR count). The van der Waals surface area contributed by atoms with Crippen LogP contribution in [0.1, 0.15) is 18.6 Å². The van der Waals surface area contributed by atoms with E-state index < -0.39 is 6.10 Å². The zero-order valence-corrected chi connectivity index (χ0v) is 8.69. The number of ether oxygens (including phenoxy) is 2. The van der Waals surface area contributed by atoms with Crippen LogP contribution in [0.2, 0.25) is 0 Å². The smallest absolute Gasteiger partial charge is 0.129 e. The Hall–Kier alpha value is -1.48. The lowest BCUT2D eigenvalue weighted by atomic mass is 10.1. The van der Waals surface area contributed by atoms with E-state index in [0.717, 1.165) is 16.9 Å². The average molecular weight is 206 g/mol. The number of hydrogen-bond acceptors (Lipinski definition) is 3. The molecule has 0 aromatic heterocycles. The van der Waals surface area contributed by atoms with E-state index in [1.165, 1.54) is 0 Å². The number of aliphatic hydroxyl groups excluding tert-OH is 1. The van der Waals surface area contributed by atoms with Crippen molar-refractivity contribution < 1.29 is 14.6 Å². The predicted octanol–water partition coefficient (Wildman–Crippen LogP) is 2.07. The highest BCUT2D eigenvalue weighted by molar-refractivity contribution is 5.44. The Morgan fingerprint density at radius 1 is 1.67 bits per heavy atom. The van der Waals surface area contributed by atoms with Crippen LogP contribution in [0.5, 0.6) is 11.5 Å². The van der Waals surface area contributed by atoms with Crippen LogP contribution >= 0.6 is 0 Å². The van der Waals surface area contributed by atoms with E-state index in [9.17, 15) is 5.11 Å². The van der Waals surface area contributed by atoms with Gasteiger partial charge in [-0.2, -0.15) is 0 Å². The van der Waals surface area contributed by atoms with Crippen LogP contribution in [-0.2, 0) is 0 Å². The van der Waals surface area contributed by atoms with Crippen LogP contribution < -0.4 is 9.47 Å². The maximum Gasteiger partial charge on any atom is 0.129 e. The Bertz CT molecular complexity index is 384. The molecule has 1 unspecified atom stereocenters. The quantitative estimate of drug-likeness (QED) is 0.769. The summed E-state index contributed by atoms with van der Waals surface area (Å²) in [4.78, 5) is 0. The molecule has 0 bridgehead atoms. The molecule has 0 saturated carbocycles. The van der Waals surface area contributed by atoms with Gasteiger partial charge in [0.05, 0.1) is 0 Å². The van der Waals surface area contributed by atoms with Crippen LogP contribution in [-0.4, -0.2) is 18.3 Å². The van der Waals surface area contributed by atoms with Gasteiger partial charge in [0.15, 0.2) is 0 Å². The molecule has 1 heterocycles. The second-order valence-corrected chi connectivity index (χ2v) is 3.77. The molecule has 1 aromatic carbocycles. The number of benzene rings is 1. The van der Waals surface area contributed by atoms with Crippen LogP contribution in [0.4, 0.5) is 0 Å². The minimum atomic E-state index is -0.504. The van der Waals surface area contributed by atoms with Gasteiger partial charge in [-0.1, -0.05) is 6.58 Å². The highest BCUT2D eigenvalue weighted by Gasteiger charge is 2.21. The Labute approximate surface area is 88.9 Å². The molecular formula is C12H14O3. The van der Waals surface area contributed by atoms with Gasteiger partial charge in [0.2, 0.25) is 0 Å². The van der Waals surface area contributed by atoms with Crippen molar-refractivity contribution in [3.63, 3.8) is 0 Å². The third-order valence-corrected chi connectivity index (χ3v) is 2.23. The number of aliphatic hydroxyl groups is 1. The molecule has 0 spiro atoms. The van der Waals surface area contributed by atoms with Gasteiger partial charge in [-0.3, -0.25) is 0 Å². The van der Waals surface area contributed by atoms with Crippen molar-refractivity contribution in [1.29, 1.82) is 0 Å². The fourth-order valence-corrected chi connectivity index (χ4v) is 1.47. The van der Waals surface area contributed by atoms with E-state index >= 15 is 0 Å². The molecule has 80 valence electrons. The molecule has 1 atom stereocenters. The van der Waals surface area contributed by atoms with Gasteiger partial charge in [0, 0.05) is 11.6 Å². The van der Waals surface area contributed by atoms with Gasteiger partial charge < -0.3 is 14.6 Å². The highest BCUT2D eigenvalue weighted by Crippen LogP contribution is 2.35. The number of rotatable bonds is 3. The minimum Gasteiger partial charge on any atom is -0.490 e. The van der Waals surface area contributed by atoms with Crippen molar-refractivity contribution >= 4 is 0 Å². The predicted molar refractivity (Wildman–Crippen MR) is 57.2 cm³/mol. The Morgan fingerprint density at radius 2 is 2.47 bits per heavy atom. The third kappa shape index (κ3) is 2.13. The van der Waals surface area contributed by atoms with E-state index in [4.69, 9.17) is 9.47 Å². The van der Waals surface area contributed by atoms with Gasteiger partial charge in [-0.05, 0) is 24.6 Å². The first-order chi connectivity index (χ1) is 7.16. The molecule has 1 aliphatic heterocycles. The third-order valence-electron chi connectivity index (χ3n) is 2.23. The molecule has 3 nitrogen and oxygen atoms in total. The van der Waals surface area contributed by atoms with Gasteiger partial charge in [0.25, 0.3) is 0 Å². The monoisotopic (exact) mass is 206 g/mol. The van der Waals surface area contributed by atoms with Crippen LogP contribution in [0.15, 0.2) is 30.4 Å². The van der Waals surface area contributed by atoms with Gasteiger partial charge >= 0.3 is 0 Å². The van der Waals surface area contributed by atoms with E-state index in [-0.39, 0.29) is 0 Å². The number of hydrogen-bond donors (Lipinski definition) is 1. The summed E-state index contributed by atoms with van der Waals surface area (Å²) in [6.07, 6.45) is -0.504. The molecule has 0 aliphatic carbocycles. The maximum absolute atomic E-state index is 9.51. The maximum atomic E-state index is 9.51. The molecule has 0 amide bonds. The van der Waals surface area contributed by atoms with Crippen molar-refractivity contribution in [2.75, 3.05) is 13.2 Å². The summed E-state index contributed by atoms with van der Waals surface area (Å²) in [7, 11) is 0. The SMILES string of the molecule is C=C(C)COc1ccc2c(c1)OCC2O. The van der Waals surface area contributed by atoms with Crippen molar-refractivity contribution in [2.45, 2.75) is 13.0 Å². The molecule has 1 N–H and O–H groups in total. The Kier molecular flexibility index (Phi) is 2.64. The minimum absolute atomic E-state index is 0.333. The van der Waals surface area contributed by atoms with E-state index in [1.54, 1.807) is 6.07 Å². The fraction of sp³-hybridized carbons (Fsp3) is 0.333. The molecule has 3 heteroatoms. The first kappa shape index (κ1) is 10.1. The van der Waals surface area contributed by atoms with E-state index in [0.29, 0.717) is 19.0 Å². The lowest BCUT2D eigenvalue weighted by Crippen LogP contribution is -1.97. The first-order valence-electron chi connectivity index (χ1n) is 4.89. The van der Waals surface area contributed by atoms with Gasteiger partial charge in [0.1, 0.15) is 30.8 Å². The van der Waals surface area contributed by atoms with Crippen molar-refractivity contribution in [3.8, 4) is 11.5 Å². The second-order valence-electron chi connectivity index (χ2n) is 3.77. The average Bonchev–Trinajstić information content (AvgIpc) is 2.57. The van der Waals surface area contributed by atoms with E-state index in [2.05, 4.69) is 6.58 Å². The summed E-state index contributed by atoms with van der Waals surface area (Å²) in [5.41, 5.74) is 1.80. The van der Waals surface area contributed by atoms with Gasteiger partial charge in [-0.25, -0.2) is 0 Å². The summed E-state index contributed by atoms with van der Waals surface area (Å²) in [6, 6.07) is 5.47. The zero-order valence-electron chi connectivity index (χ0n) is 8.69. The Morgan fingerprint density at radius 3 is 3.20 bits per heavy atom. The molecule has 0 saturated heterocycles. The lowest BCUT2D eigenvalue weighted by Gasteiger charge is -2.07. The van der Waals surface area contributed by atoms with Crippen molar-refractivity contribution in [1.82, 2.24) is 0 Å². The normalized spacial score (nSPS) is 18.1. The van der Waals surface area contributed by atoms with Crippen LogP contribution in [0.3, 0.4) is 0 Å². The molecule has 1 aliphatic rings. The molecule has 0 fully saturated rings. The van der Waals surface area contributed by atoms with Crippen molar-refractivity contribution in [2.24, 2.45) is 0 Å². The lowest BCUT2D eigenvalue weighted by molar-refractivity contribution is 0.140. The summed E-state index contributed by atoms with van der Waals surface area (Å²) < 4.78 is 10.8. The van der Waals surface area contributed by atoms with Crippen LogP contribution in [0, 0.1) is 0 Å². The largest absolute Gasteiger partial charge is 0.490 e. The van der Waals surface area contributed by atoms with Gasteiger partial charge in [-0.15, -0.1) is 0 Å². The summed E-state index contributed by atoms with van der Waals surface area (Å²) in [5, 5.41) is 9.51. The summed E-state index contributed by atoms with van der Waals surface area (Å²) in [6.45, 7) is 6.50. The Balaban J connectivity index is 2.12. The zero-order chi connectivity index (χ0) is 10.8. The molecule has 1 aromatic rings. The topological polar surface area (TPSA) is 38.7 Å². The standard InChI is InChI=1S/C12H14O3/c1-8(2)6-14-9-3-4-10-11(13)7-15-12(10)5-9/h3-5,11,13H,1,6-7H2,2H3. The molecule has 15 heavy (non-hydrogen) atoms. The molecule has 0 radical (unpaired) electrons.